The number of anilines is 2. The van der Waals surface area contributed by atoms with Gasteiger partial charge in [0.2, 0.25) is 5.95 Å². The monoisotopic (exact) mass is 485 g/mol. The Morgan fingerprint density at radius 1 is 1.00 bits per heavy atom. The normalized spacial score (nSPS) is 10.7. The molecule has 0 fully saturated rings. The molecule has 0 aliphatic carbocycles. The Morgan fingerprint density at radius 3 is 2.43 bits per heavy atom. The zero-order valence-corrected chi connectivity index (χ0v) is 21.7. The van der Waals surface area contributed by atoms with Gasteiger partial charge >= 0.3 is 6.03 Å². The fourth-order valence-electron chi connectivity index (χ4n) is 3.74. The summed E-state index contributed by atoms with van der Waals surface area (Å²) in [5.74, 6) is 1.14. The van der Waals surface area contributed by atoms with Gasteiger partial charge in [0.15, 0.2) is 0 Å². The molecule has 35 heavy (non-hydrogen) atoms. The summed E-state index contributed by atoms with van der Waals surface area (Å²) < 4.78 is 5.87. The number of unbranched alkanes of at least 4 members (excludes halogenated alkanes) is 8. The van der Waals surface area contributed by atoms with E-state index in [9.17, 15) is 9.59 Å². The van der Waals surface area contributed by atoms with Crippen LogP contribution in [0.2, 0.25) is 0 Å². The summed E-state index contributed by atoms with van der Waals surface area (Å²) in [5, 5.41) is 5.36. The number of aromatic nitrogens is 2. The summed E-state index contributed by atoms with van der Waals surface area (Å²) in [5.41, 5.74) is 1.63. The number of aryl methyl sites for hydroxylation is 1. The number of carbonyl (C=O) groups excluding carboxylic acids is 1. The van der Waals surface area contributed by atoms with Gasteiger partial charge in [0.1, 0.15) is 5.75 Å². The minimum Gasteiger partial charge on any atom is -0.494 e. The smallest absolute Gasteiger partial charge is 0.321 e. The van der Waals surface area contributed by atoms with Crippen molar-refractivity contribution in [3.8, 4) is 5.75 Å². The van der Waals surface area contributed by atoms with Gasteiger partial charge in [-0.05, 0) is 37.8 Å². The van der Waals surface area contributed by atoms with Crippen molar-refractivity contribution in [1.29, 1.82) is 0 Å². The van der Waals surface area contributed by atoms with Gasteiger partial charge in [-0.1, -0.05) is 57.9 Å². The number of aromatic amines is 1. The van der Waals surface area contributed by atoms with Crippen LogP contribution in [0.3, 0.4) is 0 Å². The number of benzene rings is 1. The number of amides is 2. The lowest BCUT2D eigenvalue weighted by Crippen LogP contribution is -2.31. The number of hydrogen-bond acceptors (Lipinski definition) is 5. The van der Waals surface area contributed by atoms with Gasteiger partial charge in [0, 0.05) is 44.2 Å². The number of H-pyrrole nitrogens is 1. The molecule has 2 aromatic rings. The SMILES string of the molecule is CCCCNC(=O)Nc1nc(CCCCCCCCCCOc2cccc(N(C)C)c2)cc(=O)[nH]1. The molecule has 0 unspecified atom stereocenters. The van der Waals surface area contributed by atoms with Gasteiger partial charge < -0.3 is 15.0 Å². The fourth-order valence-corrected chi connectivity index (χ4v) is 3.74. The van der Waals surface area contributed by atoms with E-state index in [0.717, 1.165) is 56.6 Å². The van der Waals surface area contributed by atoms with Crippen LogP contribution >= 0.6 is 0 Å². The molecular weight excluding hydrogens is 442 g/mol. The number of urea groups is 1. The third-order valence-electron chi connectivity index (χ3n) is 5.77. The Hall–Kier alpha value is -3.03. The highest BCUT2D eigenvalue weighted by Gasteiger charge is 2.06. The molecule has 0 aliphatic heterocycles. The van der Waals surface area contributed by atoms with Crippen molar-refractivity contribution in [1.82, 2.24) is 15.3 Å². The highest BCUT2D eigenvalue weighted by Crippen LogP contribution is 2.19. The highest BCUT2D eigenvalue weighted by molar-refractivity contribution is 5.87. The average molecular weight is 486 g/mol. The van der Waals surface area contributed by atoms with Crippen LogP contribution in [0.1, 0.15) is 76.8 Å². The molecule has 0 aliphatic rings. The highest BCUT2D eigenvalue weighted by atomic mass is 16.5. The molecule has 8 nitrogen and oxygen atoms in total. The minimum atomic E-state index is -0.344. The van der Waals surface area contributed by atoms with E-state index >= 15 is 0 Å². The van der Waals surface area contributed by atoms with Gasteiger partial charge in [-0.15, -0.1) is 0 Å². The molecule has 0 spiro atoms. The zero-order valence-electron chi connectivity index (χ0n) is 21.7. The lowest BCUT2D eigenvalue weighted by molar-refractivity contribution is 0.252. The molecule has 2 rings (SSSR count). The van der Waals surface area contributed by atoms with Crippen molar-refractivity contribution < 1.29 is 9.53 Å². The van der Waals surface area contributed by atoms with Crippen molar-refractivity contribution in [2.75, 3.05) is 37.5 Å². The predicted octanol–water partition coefficient (Wildman–Crippen LogP) is 5.50. The van der Waals surface area contributed by atoms with E-state index in [1.54, 1.807) is 0 Å². The van der Waals surface area contributed by atoms with Crippen molar-refractivity contribution in [3.63, 3.8) is 0 Å². The third kappa shape index (κ3) is 12.3. The van der Waals surface area contributed by atoms with Crippen molar-refractivity contribution >= 4 is 17.7 Å². The van der Waals surface area contributed by atoms with Crippen molar-refractivity contribution in [3.05, 3.63) is 46.4 Å². The molecule has 3 N–H and O–H groups in total. The molecule has 8 heteroatoms. The quantitative estimate of drug-likeness (QED) is 0.257. The number of hydrogen-bond donors (Lipinski definition) is 3. The molecule has 2 amide bonds. The molecule has 1 aromatic heterocycles. The summed E-state index contributed by atoms with van der Waals surface area (Å²) in [6.07, 6.45) is 11.9. The van der Waals surface area contributed by atoms with Crippen LogP contribution < -0.4 is 25.8 Å². The van der Waals surface area contributed by atoms with Crippen LogP contribution in [-0.2, 0) is 6.42 Å². The summed E-state index contributed by atoms with van der Waals surface area (Å²) in [7, 11) is 4.06. The molecule has 0 radical (unpaired) electrons. The largest absolute Gasteiger partial charge is 0.494 e. The molecule has 1 aromatic carbocycles. The third-order valence-corrected chi connectivity index (χ3v) is 5.77. The maximum atomic E-state index is 11.9. The minimum absolute atomic E-state index is 0.205. The standard InChI is InChI=1S/C27H43N5O3/c1-4-5-18-28-27(34)31-26-29-22(20-25(33)30-26)15-12-10-8-6-7-9-11-13-19-35-24-17-14-16-23(21-24)32(2)3/h14,16-17,20-21H,4-13,15,18-19H2,1-3H3,(H3,28,29,30,31,33,34). The summed E-state index contributed by atoms with van der Waals surface area (Å²) in [6, 6.07) is 9.36. The second kappa shape index (κ2) is 16.6. The number of nitrogens with zero attached hydrogens (tertiary/aromatic N) is 2. The second-order valence-electron chi connectivity index (χ2n) is 9.14. The molecular formula is C27H43N5O3. The van der Waals surface area contributed by atoms with Crippen LogP contribution in [0.15, 0.2) is 35.1 Å². The lowest BCUT2D eigenvalue weighted by atomic mass is 10.1. The van der Waals surface area contributed by atoms with E-state index in [4.69, 9.17) is 4.74 Å². The van der Waals surface area contributed by atoms with Gasteiger partial charge in [0.25, 0.3) is 5.56 Å². The summed E-state index contributed by atoms with van der Waals surface area (Å²) in [6.45, 7) is 3.43. The Labute approximate surface area is 209 Å². The fraction of sp³-hybridized carbons (Fsp3) is 0.593. The lowest BCUT2D eigenvalue weighted by Gasteiger charge is -2.14. The first-order valence-electron chi connectivity index (χ1n) is 13.0. The molecule has 194 valence electrons. The molecule has 1 heterocycles. The number of rotatable bonds is 17. The van der Waals surface area contributed by atoms with E-state index < -0.39 is 0 Å². The summed E-state index contributed by atoms with van der Waals surface area (Å²) in [4.78, 5) is 32.8. The van der Waals surface area contributed by atoms with Crippen LogP contribution in [-0.4, -0.2) is 43.2 Å². The van der Waals surface area contributed by atoms with Crippen molar-refractivity contribution in [2.24, 2.45) is 0 Å². The first-order chi connectivity index (χ1) is 17.0. The van der Waals surface area contributed by atoms with Gasteiger partial charge in [-0.3, -0.25) is 15.1 Å². The maximum absolute atomic E-state index is 11.9. The van der Waals surface area contributed by atoms with E-state index in [1.807, 2.05) is 26.2 Å². The molecule has 0 saturated heterocycles. The first kappa shape index (κ1) is 28.2. The van der Waals surface area contributed by atoms with Gasteiger partial charge in [-0.2, -0.15) is 0 Å². The van der Waals surface area contributed by atoms with E-state index in [1.165, 1.54) is 38.2 Å². The van der Waals surface area contributed by atoms with Gasteiger partial charge in [0.05, 0.1) is 6.61 Å². The molecule has 0 atom stereocenters. The molecule has 0 saturated carbocycles. The van der Waals surface area contributed by atoms with Crippen LogP contribution in [0.5, 0.6) is 5.75 Å². The first-order valence-corrected chi connectivity index (χ1v) is 13.0. The Bertz CT molecular complexity index is 929. The average Bonchev–Trinajstić information content (AvgIpc) is 2.82. The van der Waals surface area contributed by atoms with Crippen LogP contribution in [0.4, 0.5) is 16.4 Å². The topological polar surface area (TPSA) is 99.3 Å². The second-order valence-corrected chi connectivity index (χ2v) is 9.14. The van der Waals surface area contributed by atoms with E-state index in [2.05, 4.69) is 44.6 Å². The number of carbonyl (C=O) groups is 1. The number of nitrogens with one attached hydrogen (secondary N) is 3. The Balaban J connectivity index is 1.51. The molecule has 0 bridgehead atoms. The van der Waals surface area contributed by atoms with Crippen molar-refractivity contribution in [2.45, 2.75) is 77.6 Å². The summed E-state index contributed by atoms with van der Waals surface area (Å²) >= 11 is 0. The number of ether oxygens (including phenoxy) is 1. The van der Waals surface area contributed by atoms with Gasteiger partial charge in [-0.25, -0.2) is 9.78 Å². The predicted molar refractivity (Wildman–Crippen MR) is 144 cm³/mol. The van der Waals surface area contributed by atoms with E-state index in [0.29, 0.717) is 12.2 Å². The Kier molecular flexibility index (Phi) is 13.4. The van der Waals surface area contributed by atoms with E-state index in [-0.39, 0.29) is 17.5 Å². The van der Waals surface area contributed by atoms with Crippen LogP contribution in [0.25, 0.3) is 0 Å². The van der Waals surface area contributed by atoms with Crippen LogP contribution in [0, 0.1) is 0 Å². The zero-order chi connectivity index (χ0) is 25.3. The Morgan fingerprint density at radius 2 is 1.71 bits per heavy atom. The maximum Gasteiger partial charge on any atom is 0.321 e.